The molecule has 8 heteroatoms. The van der Waals surface area contributed by atoms with Gasteiger partial charge in [0, 0.05) is 5.69 Å². The van der Waals surface area contributed by atoms with E-state index in [1.54, 1.807) is 6.07 Å². The monoisotopic (exact) mass is 315 g/mol. The topological polar surface area (TPSA) is 111 Å². The zero-order valence-electron chi connectivity index (χ0n) is 12.5. The van der Waals surface area contributed by atoms with E-state index in [0.29, 0.717) is 11.4 Å². The summed E-state index contributed by atoms with van der Waals surface area (Å²) in [6, 6.07) is 3.76. The highest BCUT2D eigenvalue weighted by Gasteiger charge is 2.26. The molecule has 0 radical (unpaired) electrons. The minimum Gasteiger partial charge on any atom is -0.467 e. The molecule has 0 aliphatic rings. The molecule has 1 atom stereocenters. The third kappa shape index (κ3) is 4.08. The molecule has 1 rings (SSSR count). The predicted octanol–water partition coefficient (Wildman–Crippen LogP) is 0.786. The third-order valence-electron chi connectivity index (χ3n) is 3.00. The summed E-state index contributed by atoms with van der Waals surface area (Å²) in [6.07, 6.45) is 0. The van der Waals surface area contributed by atoms with Crippen molar-refractivity contribution in [2.75, 3.05) is 25.2 Å². The Balaban J connectivity index is 3.28. The van der Waals surface area contributed by atoms with Gasteiger partial charge < -0.3 is 15.8 Å². The second-order valence-corrected chi connectivity index (χ2v) is 6.71. The van der Waals surface area contributed by atoms with Crippen molar-refractivity contribution in [2.24, 2.45) is 5.92 Å². The number of carbonyl (C=O) groups excluding carboxylic acids is 1. The van der Waals surface area contributed by atoms with E-state index in [9.17, 15) is 13.2 Å². The van der Waals surface area contributed by atoms with Gasteiger partial charge in [0.05, 0.1) is 12.8 Å². The van der Waals surface area contributed by atoms with Crippen molar-refractivity contribution in [1.29, 1.82) is 0 Å². The molecule has 0 fully saturated rings. The number of rotatable bonds is 6. The summed E-state index contributed by atoms with van der Waals surface area (Å²) in [5, 5.41) is 2.92. The predicted molar refractivity (Wildman–Crippen MR) is 81.4 cm³/mol. The zero-order valence-corrected chi connectivity index (χ0v) is 13.3. The summed E-state index contributed by atoms with van der Waals surface area (Å²) in [6.45, 7) is 3.66. The van der Waals surface area contributed by atoms with Gasteiger partial charge in [0.15, 0.2) is 0 Å². The van der Waals surface area contributed by atoms with Gasteiger partial charge in [-0.25, -0.2) is 17.9 Å². The SMILES string of the molecule is CNS(=O)(=O)c1cc(N)ccc1NC(C(=O)OC)C(C)C. The number of methoxy groups -OCH3 is 1. The van der Waals surface area contributed by atoms with Gasteiger partial charge in [-0.1, -0.05) is 13.8 Å². The van der Waals surface area contributed by atoms with Crippen LogP contribution in [-0.2, 0) is 19.6 Å². The van der Waals surface area contributed by atoms with Crippen molar-refractivity contribution in [3.05, 3.63) is 18.2 Å². The standard InChI is InChI=1S/C13H21N3O4S/c1-8(2)12(13(17)20-4)16-10-6-5-9(14)7-11(10)21(18,19)15-3/h5-8,12,15-16H,14H2,1-4H3. The Morgan fingerprint density at radius 3 is 2.43 bits per heavy atom. The Bertz CT molecular complexity index is 614. The molecular formula is C13H21N3O4S. The molecule has 0 bridgehead atoms. The van der Waals surface area contributed by atoms with Crippen LogP contribution < -0.4 is 15.8 Å². The largest absolute Gasteiger partial charge is 0.467 e. The van der Waals surface area contributed by atoms with Crippen LogP contribution in [-0.4, -0.2) is 34.6 Å². The summed E-state index contributed by atoms with van der Waals surface area (Å²) in [5.74, 6) is -0.547. The third-order valence-corrected chi connectivity index (χ3v) is 4.45. The Morgan fingerprint density at radius 2 is 1.95 bits per heavy atom. The van der Waals surface area contributed by atoms with Gasteiger partial charge >= 0.3 is 5.97 Å². The van der Waals surface area contributed by atoms with Crippen molar-refractivity contribution in [3.63, 3.8) is 0 Å². The maximum absolute atomic E-state index is 12.0. The van der Waals surface area contributed by atoms with E-state index < -0.39 is 22.0 Å². The van der Waals surface area contributed by atoms with Crippen LogP contribution in [0, 0.1) is 5.92 Å². The highest BCUT2D eigenvalue weighted by atomic mass is 32.2. The van der Waals surface area contributed by atoms with Crippen LogP contribution in [0.3, 0.4) is 0 Å². The van der Waals surface area contributed by atoms with Gasteiger partial charge in [0.2, 0.25) is 10.0 Å². The van der Waals surface area contributed by atoms with Gasteiger partial charge in [-0.15, -0.1) is 0 Å². The van der Waals surface area contributed by atoms with Gasteiger partial charge in [-0.3, -0.25) is 0 Å². The molecule has 1 aromatic carbocycles. The van der Waals surface area contributed by atoms with E-state index in [-0.39, 0.29) is 10.8 Å². The molecule has 0 saturated heterocycles. The lowest BCUT2D eigenvalue weighted by Gasteiger charge is -2.22. The van der Waals surface area contributed by atoms with E-state index in [1.807, 2.05) is 13.8 Å². The van der Waals surface area contributed by atoms with Gasteiger partial charge in [-0.2, -0.15) is 0 Å². The highest BCUT2D eigenvalue weighted by Crippen LogP contribution is 2.25. The minimum atomic E-state index is -3.70. The molecule has 1 aromatic rings. The van der Waals surface area contributed by atoms with E-state index in [2.05, 4.69) is 10.0 Å². The molecule has 0 amide bonds. The van der Waals surface area contributed by atoms with Crippen LogP contribution in [0.1, 0.15) is 13.8 Å². The first-order chi connectivity index (χ1) is 9.72. The van der Waals surface area contributed by atoms with Crippen LogP contribution in [0.5, 0.6) is 0 Å². The van der Waals surface area contributed by atoms with Gasteiger partial charge in [0.25, 0.3) is 0 Å². The fourth-order valence-electron chi connectivity index (χ4n) is 1.78. The Morgan fingerprint density at radius 1 is 1.33 bits per heavy atom. The number of nitrogens with one attached hydrogen (secondary N) is 2. The van der Waals surface area contributed by atoms with Crippen molar-refractivity contribution in [1.82, 2.24) is 4.72 Å². The maximum atomic E-state index is 12.0. The van der Waals surface area contributed by atoms with Crippen LogP contribution in [0.15, 0.2) is 23.1 Å². The first-order valence-electron chi connectivity index (χ1n) is 6.40. The number of ether oxygens (including phenoxy) is 1. The molecule has 0 saturated carbocycles. The second kappa shape index (κ2) is 6.77. The number of sulfonamides is 1. The summed E-state index contributed by atoms with van der Waals surface area (Å²) in [5.41, 5.74) is 6.25. The molecule has 4 N–H and O–H groups in total. The van der Waals surface area contributed by atoms with Crippen LogP contribution in [0.2, 0.25) is 0 Å². The van der Waals surface area contributed by atoms with Gasteiger partial charge in [-0.05, 0) is 31.2 Å². The van der Waals surface area contributed by atoms with E-state index in [4.69, 9.17) is 10.5 Å². The number of nitrogen functional groups attached to an aromatic ring is 1. The lowest BCUT2D eigenvalue weighted by Crippen LogP contribution is -2.36. The number of hydrogen-bond donors (Lipinski definition) is 3. The number of hydrogen-bond acceptors (Lipinski definition) is 6. The average Bonchev–Trinajstić information content (AvgIpc) is 2.44. The van der Waals surface area contributed by atoms with E-state index >= 15 is 0 Å². The number of anilines is 2. The molecule has 0 aliphatic carbocycles. The minimum absolute atomic E-state index is 0.0143. The number of esters is 1. The first kappa shape index (κ1) is 17.3. The second-order valence-electron chi connectivity index (χ2n) is 4.85. The lowest BCUT2D eigenvalue weighted by molar-refractivity contribution is -0.142. The molecule has 0 aromatic heterocycles. The van der Waals surface area contributed by atoms with Crippen molar-refractivity contribution in [2.45, 2.75) is 24.8 Å². The van der Waals surface area contributed by atoms with Crippen molar-refractivity contribution < 1.29 is 17.9 Å². The quantitative estimate of drug-likeness (QED) is 0.528. The molecular weight excluding hydrogens is 294 g/mol. The summed E-state index contributed by atoms with van der Waals surface area (Å²) >= 11 is 0. The van der Waals surface area contributed by atoms with Gasteiger partial charge in [0.1, 0.15) is 10.9 Å². The Labute approximate surface area is 124 Å². The fourth-order valence-corrected chi connectivity index (χ4v) is 2.71. The molecule has 0 heterocycles. The summed E-state index contributed by atoms with van der Waals surface area (Å²) in [4.78, 5) is 11.8. The number of carbonyl (C=O) groups is 1. The number of nitrogens with two attached hydrogens (primary N) is 1. The van der Waals surface area contributed by atoms with E-state index in [1.165, 1.54) is 26.3 Å². The van der Waals surface area contributed by atoms with E-state index in [0.717, 1.165) is 0 Å². The molecule has 0 aliphatic heterocycles. The van der Waals surface area contributed by atoms with Crippen LogP contribution in [0.25, 0.3) is 0 Å². The molecule has 0 spiro atoms. The lowest BCUT2D eigenvalue weighted by atomic mass is 10.0. The van der Waals surface area contributed by atoms with Crippen LogP contribution >= 0.6 is 0 Å². The maximum Gasteiger partial charge on any atom is 0.328 e. The fraction of sp³-hybridized carbons (Fsp3) is 0.462. The molecule has 21 heavy (non-hydrogen) atoms. The Kier molecular flexibility index (Phi) is 5.56. The summed E-state index contributed by atoms with van der Waals surface area (Å²) < 4.78 is 31.0. The smallest absolute Gasteiger partial charge is 0.328 e. The number of benzene rings is 1. The van der Waals surface area contributed by atoms with Crippen molar-refractivity contribution >= 4 is 27.4 Å². The zero-order chi connectivity index (χ0) is 16.2. The molecule has 1 unspecified atom stereocenters. The average molecular weight is 315 g/mol. The van der Waals surface area contributed by atoms with Crippen molar-refractivity contribution in [3.8, 4) is 0 Å². The normalized spacial score (nSPS) is 13.0. The van der Waals surface area contributed by atoms with Crippen LogP contribution in [0.4, 0.5) is 11.4 Å². The highest BCUT2D eigenvalue weighted by molar-refractivity contribution is 7.89. The molecule has 7 nitrogen and oxygen atoms in total. The first-order valence-corrected chi connectivity index (χ1v) is 7.88. The summed E-state index contributed by atoms with van der Waals surface area (Å²) in [7, 11) is -1.11. The Hall–Kier alpha value is -1.80. The molecule has 118 valence electrons.